The number of rotatable bonds is 6. The fraction of sp³-hybridized carbons (Fsp3) is 0.214. The molecule has 0 aliphatic rings. The number of carbonyl (C=O) groups is 1. The molecule has 2 aromatic rings. The van der Waals surface area contributed by atoms with Crippen LogP contribution in [-0.4, -0.2) is 26.4 Å². The van der Waals surface area contributed by atoms with Crippen molar-refractivity contribution in [3.8, 4) is 0 Å². The van der Waals surface area contributed by atoms with Crippen molar-refractivity contribution in [1.29, 1.82) is 0 Å². The number of aromatic nitrogens is 3. The number of nitrogens with zero attached hydrogens (tertiary/aromatic N) is 3. The highest BCUT2D eigenvalue weighted by Crippen LogP contribution is 2.19. The summed E-state index contributed by atoms with van der Waals surface area (Å²) in [5, 5.41) is 10.9. The Bertz CT molecular complexity index is 702. The lowest BCUT2D eigenvalue weighted by molar-refractivity contribution is -0.113. The predicted octanol–water partition coefficient (Wildman–Crippen LogP) is 2.78. The van der Waals surface area contributed by atoms with E-state index in [1.165, 1.54) is 17.8 Å². The third-order valence-corrected chi connectivity index (χ3v) is 3.72. The van der Waals surface area contributed by atoms with Gasteiger partial charge in [-0.25, -0.2) is 8.78 Å². The van der Waals surface area contributed by atoms with Gasteiger partial charge in [0.15, 0.2) is 5.16 Å². The predicted molar refractivity (Wildman–Crippen MR) is 80.7 cm³/mol. The fourth-order valence-corrected chi connectivity index (χ4v) is 2.51. The van der Waals surface area contributed by atoms with E-state index in [2.05, 4.69) is 22.1 Å². The first kappa shape index (κ1) is 16.2. The number of nitrogens with one attached hydrogen (secondary N) is 1. The molecule has 0 unspecified atom stereocenters. The summed E-state index contributed by atoms with van der Waals surface area (Å²) in [6, 6.07) is 2.97. The smallest absolute Gasteiger partial charge is 0.234 e. The van der Waals surface area contributed by atoms with Crippen LogP contribution in [0.25, 0.3) is 0 Å². The van der Waals surface area contributed by atoms with Crippen LogP contribution in [0.1, 0.15) is 5.82 Å². The fourth-order valence-electron chi connectivity index (χ4n) is 1.71. The van der Waals surface area contributed by atoms with E-state index in [1.54, 1.807) is 13.0 Å². The average Bonchev–Trinajstić information content (AvgIpc) is 2.81. The zero-order valence-corrected chi connectivity index (χ0v) is 12.7. The Morgan fingerprint density at radius 2 is 2.23 bits per heavy atom. The third-order valence-electron chi connectivity index (χ3n) is 2.75. The number of hydrogen-bond donors (Lipinski definition) is 1. The molecule has 1 aromatic carbocycles. The van der Waals surface area contributed by atoms with Crippen LogP contribution in [0.5, 0.6) is 0 Å². The number of anilines is 1. The van der Waals surface area contributed by atoms with Gasteiger partial charge in [0.05, 0.1) is 11.4 Å². The molecular weight excluding hydrogens is 310 g/mol. The normalized spacial score (nSPS) is 10.5. The van der Waals surface area contributed by atoms with Crippen molar-refractivity contribution in [3.05, 3.63) is 48.3 Å². The minimum absolute atomic E-state index is 0.0338. The molecule has 116 valence electrons. The van der Waals surface area contributed by atoms with Crippen molar-refractivity contribution in [2.24, 2.45) is 0 Å². The third kappa shape index (κ3) is 3.91. The topological polar surface area (TPSA) is 59.8 Å². The van der Waals surface area contributed by atoms with Gasteiger partial charge in [0, 0.05) is 12.6 Å². The van der Waals surface area contributed by atoms with Gasteiger partial charge in [0.1, 0.15) is 17.5 Å². The number of hydrogen-bond acceptors (Lipinski definition) is 4. The maximum Gasteiger partial charge on any atom is 0.234 e. The Morgan fingerprint density at radius 3 is 2.91 bits per heavy atom. The lowest BCUT2D eigenvalue weighted by atomic mass is 10.3. The largest absolute Gasteiger partial charge is 0.323 e. The highest BCUT2D eigenvalue weighted by molar-refractivity contribution is 7.99. The SMILES string of the molecule is C=CCn1c(C)nnc1SCC(=O)Nc1ccc(F)cc1F. The molecule has 2 rings (SSSR count). The Morgan fingerprint density at radius 1 is 1.45 bits per heavy atom. The number of carbonyl (C=O) groups excluding carboxylic acids is 1. The standard InChI is InChI=1S/C14H14F2N4OS/c1-3-6-20-9(2)18-19-14(20)22-8-13(21)17-12-5-4-10(15)7-11(12)16/h3-5,7H,1,6,8H2,2H3,(H,17,21). The molecule has 0 fully saturated rings. The maximum atomic E-state index is 13.4. The summed E-state index contributed by atoms with van der Waals surface area (Å²) in [7, 11) is 0. The molecule has 22 heavy (non-hydrogen) atoms. The van der Waals surface area contributed by atoms with E-state index >= 15 is 0 Å². The number of halogens is 2. The number of benzene rings is 1. The van der Waals surface area contributed by atoms with Crippen LogP contribution in [0, 0.1) is 18.6 Å². The van der Waals surface area contributed by atoms with Crippen molar-refractivity contribution < 1.29 is 13.6 Å². The molecule has 1 aromatic heterocycles. The van der Waals surface area contributed by atoms with Crippen LogP contribution in [0.15, 0.2) is 36.0 Å². The van der Waals surface area contributed by atoms with Crippen LogP contribution in [0.3, 0.4) is 0 Å². The molecule has 5 nitrogen and oxygen atoms in total. The highest BCUT2D eigenvalue weighted by Gasteiger charge is 2.12. The van der Waals surface area contributed by atoms with E-state index in [4.69, 9.17) is 0 Å². The average molecular weight is 324 g/mol. The molecule has 1 N–H and O–H groups in total. The number of allylic oxidation sites excluding steroid dienone is 1. The van der Waals surface area contributed by atoms with Crippen LogP contribution in [0.2, 0.25) is 0 Å². The van der Waals surface area contributed by atoms with Gasteiger partial charge in [-0.1, -0.05) is 17.8 Å². The molecule has 0 spiro atoms. The summed E-state index contributed by atoms with van der Waals surface area (Å²) >= 11 is 1.18. The Hall–Kier alpha value is -2.22. The van der Waals surface area contributed by atoms with E-state index < -0.39 is 17.5 Å². The van der Waals surface area contributed by atoms with Gasteiger partial charge in [-0.05, 0) is 19.1 Å². The Labute approximate surface area is 130 Å². The molecule has 8 heteroatoms. The van der Waals surface area contributed by atoms with Crippen LogP contribution < -0.4 is 5.32 Å². The zero-order chi connectivity index (χ0) is 16.1. The van der Waals surface area contributed by atoms with Crippen molar-refractivity contribution in [1.82, 2.24) is 14.8 Å². The van der Waals surface area contributed by atoms with Crippen LogP contribution in [0.4, 0.5) is 14.5 Å². The van der Waals surface area contributed by atoms with E-state index in [-0.39, 0.29) is 11.4 Å². The Balaban J connectivity index is 1.97. The first-order valence-corrected chi connectivity index (χ1v) is 7.38. The van der Waals surface area contributed by atoms with Gasteiger partial charge in [0.25, 0.3) is 0 Å². The van der Waals surface area contributed by atoms with Gasteiger partial charge in [-0.15, -0.1) is 16.8 Å². The molecule has 1 heterocycles. The number of aryl methyl sites for hydroxylation is 1. The first-order valence-electron chi connectivity index (χ1n) is 6.39. The van der Waals surface area contributed by atoms with Gasteiger partial charge < -0.3 is 9.88 Å². The van der Waals surface area contributed by atoms with E-state index in [0.29, 0.717) is 23.6 Å². The lowest BCUT2D eigenvalue weighted by Crippen LogP contribution is -2.15. The summed E-state index contributed by atoms with van der Waals surface area (Å²) in [5.74, 6) is -1.18. The van der Waals surface area contributed by atoms with Gasteiger partial charge in [-0.3, -0.25) is 4.79 Å². The zero-order valence-electron chi connectivity index (χ0n) is 11.8. The second kappa shape index (κ2) is 7.17. The van der Waals surface area contributed by atoms with Crippen molar-refractivity contribution in [2.75, 3.05) is 11.1 Å². The second-order valence-electron chi connectivity index (χ2n) is 4.39. The van der Waals surface area contributed by atoms with E-state index in [0.717, 1.165) is 6.07 Å². The molecule has 1 amide bonds. The number of thioether (sulfide) groups is 1. The summed E-state index contributed by atoms with van der Waals surface area (Å²) < 4.78 is 28.0. The molecule has 0 aliphatic heterocycles. The van der Waals surface area contributed by atoms with Crippen LogP contribution >= 0.6 is 11.8 Å². The molecular formula is C14H14F2N4OS. The molecule has 0 saturated carbocycles. The minimum Gasteiger partial charge on any atom is -0.323 e. The molecule has 0 bridgehead atoms. The lowest BCUT2D eigenvalue weighted by Gasteiger charge is -2.07. The van der Waals surface area contributed by atoms with Gasteiger partial charge in [-0.2, -0.15) is 0 Å². The van der Waals surface area contributed by atoms with Gasteiger partial charge in [0.2, 0.25) is 5.91 Å². The maximum absolute atomic E-state index is 13.4. The summed E-state index contributed by atoms with van der Waals surface area (Å²) in [6.07, 6.45) is 1.70. The Kier molecular flexibility index (Phi) is 5.26. The monoisotopic (exact) mass is 324 g/mol. The summed E-state index contributed by atoms with van der Waals surface area (Å²) in [4.78, 5) is 11.8. The number of amides is 1. The molecule has 0 radical (unpaired) electrons. The van der Waals surface area contributed by atoms with Crippen molar-refractivity contribution >= 4 is 23.4 Å². The highest BCUT2D eigenvalue weighted by atomic mass is 32.2. The second-order valence-corrected chi connectivity index (χ2v) is 5.33. The molecule has 0 saturated heterocycles. The van der Waals surface area contributed by atoms with Gasteiger partial charge >= 0.3 is 0 Å². The molecule has 0 atom stereocenters. The quantitative estimate of drug-likeness (QED) is 0.656. The minimum atomic E-state index is -0.816. The summed E-state index contributed by atoms with van der Waals surface area (Å²) in [5.41, 5.74) is -0.0595. The van der Waals surface area contributed by atoms with Crippen molar-refractivity contribution in [3.63, 3.8) is 0 Å². The summed E-state index contributed by atoms with van der Waals surface area (Å²) in [6.45, 7) is 5.99. The molecule has 0 aliphatic carbocycles. The first-order chi connectivity index (χ1) is 10.5. The van der Waals surface area contributed by atoms with Crippen LogP contribution in [-0.2, 0) is 11.3 Å². The van der Waals surface area contributed by atoms with Crippen molar-refractivity contribution in [2.45, 2.75) is 18.6 Å². The van der Waals surface area contributed by atoms with E-state index in [1.807, 2.05) is 4.57 Å². The van der Waals surface area contributed by atoms with E-state index in [9.17, 15) is 13.6 Å².